The van der Waals surface area contributed by atoms with Crippen molar-refractivity contribution in [1.82, 2.24) is 5.32 Å². The van der Waals surface area contributed by atoms with Gasteiger partial charge in [0.25, 0.3) is 5.91 Å². The van der Waals surface area contributed by atoms with Crippen molar-refractivity contribution >= 4 is 23.6 Å². The molecule has 0 unspecified atom stereocenters. The summed E-state index contributed by atoms with van der Waals surface area (Å²) in [5, 5.41) is 11.5. The van der Waals surface area contributed by atoms with E-state index in [0.717, 1.165) is 4.90 Å². The molecule has 0 saturated carbocycles. The van der Waals surface area contributed by atoms with Gasteiger partial charge in [0.15, 0.2) is 0 Å². The van der Waals surface area contributed by atoms with Crippen molar-refractivity contribution in [2.45, 2.75) is 30.7 Å². The predicted octanol–water partition coefficient (Wildman–Crippen LogP) is 2.39. The average molecular weight is 267 g/mol. The van der Waals surface area contributed by atoms with Crippen LogP contribution in [0.3, 0.4) is 0 Å². The van der Waals surface area contributed by atoms with Crippen molar-refractivity contribution in [2.75, 3.05) is 6.26 Å². The first-order chi connectivity index (χ1) is 8.34. The first-order valence-electron chi connectivity index (χ1n) is 5.52. The van der Waals surface area contributed by atoms with Crippen LogP contribution in [-0.4, -0.2) is 28.8 Å². The van der Waals surface area contributed by atoms with Crippen molar-refractivity contribution in [3.8, 4) is 0 Å². The molecule has 1 rings (SSSR count). The molecule has 1 aromatic carbocycles. The molecular formula is C13H17NO3S. The maximum Gasteiger partial charge on any atom is 0.305 e. The highest BCUT2D eigenvalue weighted by molar-refractivity contribution is 7.98. The number of nitrogens with one attached hydrogen (secondary N) is 1. The summed E-state index contributed by atoms with van der Waals surface area (Å²) in [6.45, 7) is 3.38. The smallest absolute Gasteiger partial charge is 0.305 e. The lowest BCUT2D eigenvalue weighted by Crippen LogP contribution is -2.44. The summed E-state index contributed by atoms with van der Waals surface area (Å²) >= 11 is 1.60. The van der Waals surface area contributed by atoms with Gasteiger partial charge >= 0.3 is 5.97 Å². The maximum absolute atomic E-state index is 11.9. The Labute approximate surface area is 111 Å². The van der Waals surface area contributed by atoms with Crippen molar-refractivity contribution in [2.24, 2.45) is 0 Å². The summed E-state index contributed by atoms with van der Waals surface area (Å²) in [5.41, 5.74) is -0.229. The van der Waals surface area contributed by atoms with Gasteiger partial charge in [-0.25, -0.2) is 0 Å². The number of benzene rings is 1. The minimum Gasteiger partial charge on any atom is -0.481 e. The summed E-state index contributed by atoms with van der Waals surface area (Å²) in [6.07, 6.45) is 1.85. The predicted molar refractivity (Wildman–Crippen MR) is 72.0 cm³/mol. The second-order valence-corrected chi connectivity index (χ2v) is 5.52. The molecule has 0 atom stereocenters. The van der Waals surface area contributed by atoms with Crippen molar-refractivity contribution in [3.63, 3.8) is 0 Å². The van der Waals surface area contributed by atoms with Gasteiger partial charge in [0, 0.05) is 16.0 Å². The van der Waals surface area contributed by atoms with E-state index in [4.69, 9.17) is 5.11 Å². The normalized spacial score (nSPS) is 11.1. The van der Waals surface area contributed by atoms with E-state index in [2.05, 4.69) is 5.32 Å². The van der Waals surface area contributed by atoms with E-state index >= 15 is 0 Å². The van der Waals surface area contributed by atoms with Crippen LogP contribution in [0.5, 0.6) is 0 Å². The minimum absolute atomic E-state index is 0.109. The Hall–Kier alpha value is -1.49. The number of carboxylic acid groups (broad SMARTS) is 1. The van der Waals surface area contributed by atoms with Crippen molar-refractivity contribution in [1.29, 1.82) is 0 Å². The van der Waals surface area contributed by atoms with Crippen molar-refractivity contribution in [3.05, 3.63) is 29.8 Å². The molecule has 18 heavy (non-hydrogen) atoms. The van der Waals surface area contributed by atoms with E-state index in [1.54, 1.807) is 37.7 Å². The second-order valence-electron chi connectivity index (χ2n) is 4.64. The summed E-state index contributed by atoms with van der Waals surface area (Å²) in [4.78, 5) is 23.7. The quantitative estimate of drug-likeness (QED) is 0.804. The van der Waals surface area contributed by atoms with Crippen LogP contribution in [0.15, 0.2) is 29.2 Å². The highest BCUT2D eigenvalue weighted by Gasteiger charge is 2.24. The molecule has 0 radical (unpaired) electrons. The largest absolute Gasteiger partial charge is 0.481 e. The number of hydrogen-bond acceptors (Lipinski definition) is 3. The molecule has 0 aliphatic carbocycles. The van der Waals surface area contributed by atoms with Crippen LogP contribution in [0.2, 0.25) is 0 Å². The zero-order chi connectivity index (χ0) is 13.8. The number of hydrogen-bond donors (Lipinski definition) is 2. The SMILES string of the molecule is CSc1ccc(C(=O)NC(C)(C)CC(=O)O)cc1. The molecule has 0 spiro atoms. The zero-order valence-electron chi connectivity index (χ0n) is 10.7. The van der Waals surface area contributed by atoms with Gasteiger partial charge in [-0.3, -0.25) is 9.59 Å². The molecule has 0 saturated heterocycles. The third-order valence-corrected chi connectivity index (χ3v) is 3.14. The molecule has 98 valence electrons. The lowest BCUT2D eigenvalue weighted by Gasteiger charge is -2.24. The number of carboxylic acids is 1. The van der Waals surface area contributed by atoms with Crippen LogP contribution in [0.4, 0.5) is 0 Å². The first kappa shape index (κ1) is 14.6. The van der Waals surface area contributed by atoms with E-state index in [-0.39, 0.29) is 12.3 Å². The Balaban J connectivity index is 2.72. The molecule has 0 aliphatic rings. The summed E-state index contributed by atoms with van der Waals surface area (Å²) in [5.74, 6) is -1.19. The Morgan fingerprint density at radius 2 is 1.83 bits per heavy atom. The standard InChI is InChI=1S/C13H17NO3S/c1-13(2,8-11(15)16)14-12(17)9-4-6-10(18-3)7-5-9/h4-7H,8H2,1-3H3,(H,14,17)(H,15,16). The maximum atomic E-state index is 11.9. The lowest BCUT2D eigenvalue weighted by atomic mass is 10.00. The van der Waals surface area contributed by atoms with Gasteiger partial charge < -0.3 is 10.4 Å². The van der Waals surface area contributed by atoms with Gasteiger partial charge in [0.05, 0.1) is 6.42 Å². The molecule has 1 aromatic rings. The van der Waals surface area contributed by atoms with Crippen molar-refractivity contribution < 1.29 is 14.7 Å². The fourth-order valence-electron chi connectivity index (χ4n) is 1.54. The summed E-state index contributed by atoms with van der Waals surface area (Å²) < 4.78 is 0. The van der Waals surface area contributed by atoms with Crippen LogP contribution >= 0.6 is 11.8 Å². The van der Waals surface area contributed by atoms with Crippen LogP contribution in [-0.2, 0) is 4.79 Å². The minimum atomic E-state index is -0.932. The Bertz CT molecular complexity index is 440. The van der Waals surface area contributed by atoms with E-state index in [9.17, 15) is 9.59 Å². The van der Waals surface area contributed by atoms with Gasteiger partial charge in [-0.05, 0) is 44.4 Å². The highest BCUT2D eigenvalue weighted by atomic mass is 32.2. The molecule has 0 fully saturated rings. The average Bonchev–Trinajstić information content (AvgIpc) is 2.26. The summed E-state index contributed by atoms with van der Waals surface area (Å²) in [7, 11) is 0. The van der Waals surface area contributed by atoms with Crippen LogP contribution < -0.4 is 5.32 Å². The molecule has 4 nitrogen and oxygen atoms in total. The molecule has 2 N–H and O–H groups in total. The lowest BCUT2D eigenvalue weighted by molar-refractivity contribution is -0.138. The third kappa shape index (κ3) is 4.41. The number of thioether (sulfide) groups is 1. The van der Waals surface area contributed by atoms with E-state index in [0.29, 0.717) is 5.56 Å². The fourth-order valence-corrected chi connectivity index (χ4v) is 1.95. The third-order valence-electron chi connectivity index (χ3n) is 2.40. The molecule has 0 aromatic heterocycles. The number of carbonyl (C=O) groups excluding carboxylic acids is 1. The number of rotatable bonds is 5. The van der Waals surface area contributed by atoms with Gasteiger partial charge in [-0.1, -0.05) is 0 Å². The molecule has 0 aliphatic heterocycles. The number of amides is 1. The molecule has 0 bridgehead atoms. The molecule has 0 heterocycles. The van der Waals surface area contributed by atoms with Gasteiger partial charge in [0.2, 0.25) is 0 Å². The number of carbonyl (C=O) groups is 2. The fraction of sp³-hybridized carbons (Fsp3) is 0.385. The van der Waals surface area contributed by atoms with Gasteiger partial charge in [-0.15, -0.1) is 11.8 Å². The van der Waals surface area contributed by atoms with Crippen LogP contribution in [0.25, 0.3) is 0 Å². The van der Waals surface area contributed by atoms with Gasteiger partial charge in [0.1, 0.15) is 0 Å². The molecular weight excluding hydrogens is 250 g/mol. The highest BCUT2D eigenvalue weighted by Crippen LogP contribution is 2.16. The molecule has 5 heteroatoms. The monoisotopic (exact) mass is 267 g/mol. The van der Waals surface area contributed by atoms with Crippen LogP contribution in [0, 0.1) is 0 Å². The number of aliphatic carboxylic acids is 1. The first-order valence-corrected chi connectivity index (χ1v) is 6.75. The topological polar surface area (TPSA) is 66.4 Å². The zero-order valence-corrected chi connectivity index (χ0v) is 11.5. The summed E-state index contributed by atoms with van der Waals surface area (Å²) in [6, 6.07) is 7.20. The van der Waals surface area contributed by atoms with E-state index in [1.165, 1.54) is 0 Å². The Morgan fingerprint density at radius 1 is 1.28 bits per heavy atom. The van der Waals surface area contributed by atoms with E-state index < -0.39 is 11.5 Å². The van der Waals surface area contributed by atoms with E-state index in [1.807, 2.05) is 18.4 Å². The second kappa shape index (κ2) is 5.91. The Kier molecular flexibility index (Phi) is 4.78. The van der Waals surface area contributed by atoms with Crippen LogP contribution in [0.1, 0.15) is 30.6 Å². The Morgan fingerprint density at radius 3 is 2.28 bits per heavy atom. The molecule has 1 amide bonds. The van der Waals surface area contributed by atoms with Gasteiger partial charge in [-0.2, -0.15) is 0 Å².